The van der Waals surface area contributed by atoms with E-state index >= 15 is 0 Å². The third-order valence-corrected chi connectivity index (χ3v) is 5.51. The van der Waals surface area contributed by atoms with Gasteiger partial charge in [0.15, 0.2) is 0 Å². The molecule has 1 aromatic heterocycles. The number of nitrogens with two attached hydrogens (primary N) is 2. The standard InChI is InChI=1S/C20H23FN4OS/c1-12-10-13(20-25-16-8-6-14(21)11-18(16)27-20)5-7-15(12)24-17(19(23)26)4-2-3-9-22/h5-8,10-11,17,24H,2-4,9,22H2,1H3,(H2,23,26). The van der Waals surface area contributed by atoms with E-state index in [4.69, 9.17) is 11.5 Å². The Bertz CT molecular complexity index is 956. The average Bonchev–Trinajstić information content (AvgIpc) is 3.05. The summed E-state index contributed by atoms with van der Waals surface area (Å²) in [4.78, 5) is 16.3. The molecule has 1 heterocycles. The Morgan fingerprint density at radius 2 is 2.07 bits per heavy atom. The Kier molecular flexibility index (Phi) is 6.03. The highest BCUT2D eigenvalue weighted by Gasteiger charge is 2.16. The molecule has 0 fully saturated rings. The van der Waals surface area contributed by atoms with Crippen molar-refractivity contribution in [3.8, 4) is 10.6 Å². The van der Waals surface area contributed by atoms with Crippen molar-refractivity contribution in [3.05, 3.63) is 47.8 Å². The van der Waals surface area contributed by atoms with E-state index in [0.29, 0.717) is 13.0 Å². The Morgan fingerprint density at radius 3 is 2.78 bits per heavy atom. The van der Waals surface area contributed by atoms with Crippen molar-refractivity contribution in [2.45, 2.75) is 32.2 Å². The molecular weight excluding hydrogens is 363 g/mol. The van der Waals surface area contributed by atoms with E-state index in [1.165, 1.54) is 23.5 Å². The first-order chi connectivity index (χ1) is 13.0. The van der Waals surface area contributed by atoms with E-state index < -0.39 is 6.04 Å². The maximum absolute atomic E-state index is 13.4. The van der Waals surface area contributed by atoms with Crippen molar-refractivity contribution in [2.24, 2.45) is 11.5 Å². The van der Waals surface area contributed by atoms with E-state index in [-0.39, 0.29) is 11.7 Å². The molecule has 27 heavy (non-hydrogen) atoms. The molecule has 7 heteroatoms. The molecule has 0 aliphatic carbocycles. The molecule has 0 saturated carbocycles. The maximum atomic E-state index is 13.4. The van der Waals surface area contributed by atoms with Gasteiger partial charge in [0, 0.05) is 11.3 Å². The SMILES string of the molecule is Cc1cc(-c2nc3ccc(F)cc3s2)ccc1NC(CCCCN)C(N)=O. The summed E-state index contributed by atoms with van der Waals surface area (Å²) in [5.41, 5.74) is 14.6. The second kappa shape index (κ2) is 8.45. The number of aryl methyl sites for hydroxylation is 1. The van der Waals surface area contributed by atoms with Gasteiger partial charge < -0.3 is 16.8 Å². The molecule has 5 N–H and O–H groups in total. The lowest BCUT2D eigenvalue weighted by Crippen LogP contribution is -2.35. The lowest BCUT2D eigenvalue weighted by molar-refractivity contribution is -0.118. The molecule has 142 valence electrons. The van der Waals surface area contributed by atoms with Crippen LogP contribution in [0, 0.1) is 12.7 Å². The number of primary amides is 1. The number of benzene rings is 2. The minimum absolute atomic E-state index is 0.263. The zero-order valence-corrected chi connectivity index (χ0v) is 16.0. The molecule has 0 radical (unpaired) electrons. The molecule has 3 aromatic rings. The number of halogens is 1. The smallest absolute Gasteiger partial charge is 0.239 e. The molecule has 0 aliphatic heterocycles. The van der Waals surface area contributed by atoms with Crippen LogP contribution in [0.15, 0.2) is 36.4 Å². The number of fused-ring (bicyclic) bond motifs is 1. The van der Waals surface area contributed by atoms with Gasteiger partial charge >= 0.3 is 0 Å². The molecule has 1 unspecified atom stereocenters. The molecule has 0 aliphatic rings. The van der Waals surface area contributed by atoms with Crippen molar-refractivity contribution < 1.29 is 9.18 Å². The summed E-state index contributed by atoms with van der Waals surface area (Å²) in [6.45, 7) is 2.57. The second-order valence-corrected chi connectivity index (χ2v) is 7.58. The first kappa shape index (κ1) is 19.3. The number of aromatic nitrogens is 1. The number of nitrogens with one attached hydrogen (secondary N) is 1. The lowest BCUT2D eigenvalue weighted by Gasteiger charge is -2.18. The van der Waals surface area contributed by atoms with Gasteiger partial charge in [0.2, 0.25) is 5.91 Å². The summed E-state index contributed by atoms with van der Waals surface area (Å²) in [5.74, 6) is -0.635. The summed E-state index contributed by atoms with van der Waals surface area (Å²) in [6, 6.07) is 10.1. The highest BCUT2D eigenvalue weighted by molar-refractivity contribution is 7.21. The predicted octanol–water partition coefficient (Wildman–Crippen LogP) is 3.81. The van der Waals surface area contributed by atoms with Crippen LogP contribution in [-0.4, -0.2) is 23.5 Å². The molecule has 3 rings (SSSR count). The first-order valence-corrected chi connectivity index (χ1v) is 9.72. The zero-order valence-electron chi connectivity index (χ0n) is 15.2. The van der Waals surface area contributed by atoms with Crippen LogP contribution in [0.4, 0.5) is 10.1 Å². The van der Waals surface area contributed by atoms with E-state index in [2.05, 4.69) is 10.3 Å². The second-order valence-electron chi connectivity index (χ2n) is 6.54. The van der Waals surface area contributed by atoms with Gasteiger partial charge in [0.05, 0.1) is 10.2 Å². The number of thiazole rings is 1. The molecule has 0 saturated heterocycles. The molecule has 1 atom stereocenters. The van der Waals surface area contributed by atoms with E-state index in [1.54, 1.807) is 6.07 Å². The lowest BCUT2D eigenvalue weighted by atomic mass is 10.1. The molecular formula is C20H23FN4OS. The monoisotopic (exact) mass is 386 g/mol. The van der Waals surface area contributed by atoms with Gasteiger partial charge in [0.25, 0.3) is 0 Å². The van der Waals surface area contributed by atoms with Crippen LogP contribution in [0.1, 0.15) is 24.8 Å². The number of rotatable bonds is 8. The fourth-order valence-electron chi connectivity index (χ4n) is 2.95. The van der Waals surface area contributed by atoms with Crippen molar-refractivity contribution in [1.82, 2.24) is 4.98 Å². The topological polar surface area (TPSA) is 94.0 Å². The van der Waals surface area contributed by atoms with Gasteiger partial charge in [-0.05, 0) is 74.7 Å². The molecule has 2 aromatic carbocycles. The van der Waals surface area contributed by atoms with Gasteiger partial charge in [-0.1, -0.05) is 0 Å². The van der Waals surface area contributed by atoms with Crippen LogP contribution in [0.2, 0.25) is 0 Å². The van der Waals surface area contributed by atoms with Crippen LogP contribution in [0.5, 0.6) is 0 Å². The van der Waals surface area contributed by atoms with Crippen molar-refractivity contribution in [3.63, 3.8) is 0 Å². The number of anilines is 1. The number of hydrogen-bond donors (Lipinski definition) is 3. The van der Waals surface area contributed by atoms with Crippen LogP contribution < -0.4 is 16.8 Å². The van der Waals surface area contributed by atoms with Gasteiger partial charge in [-0.3, -0.25) is 4.79 Å². The summed E-state index contributed by atoms with van der Waals surface area (Å²) in [7, 11) is 0. The molecule has 0 spiro atoms. The van der Waals surface area contributed by atoms with Gasteiger partial charge in [-0.25, -0.2) is 9.37 Å². The minimum atomic E-state index is -0.425. The number of carbonyl (C=O) groups excluding carboxylic acids is 1. The molecule has 1 amide bonds. The van der Waals surface area contributed by atoms with Crippen molar-refractivity contribution in [2.75, 3.05) is 11.9 Å². The Labute approximate surface area is 161 Å². The highest BCUT2D eigenvalue weighted by atomic mass is 32.1. The van der Waals surface area contributed by atoms with E-state index in [0.717, 1.165) is 44.9 Å². The fraction of sp³-hybridized carbons (Fsp3) is 0.300. The largest absolute Gasteiger partial charge is 0.373 e. The van der Waals surface area contributed by atoms with Crippen molar-refractivity contribution >= 4 is 33.1 Å². The van der Waals surface area contributed by atoms with Gasteiger partial charge in [-0.2, -0.15) is 0 Å². The van der Waals surface area contributed by atoms with Crippen molar-refractivity contribution in [1.29, 1.82) is 0 Å². The third kappa shape index (κ3) is 4.61. The van der Waals surface area contributed by atoms with Crippen LogP contribution in [0.25, 0.3) is 20.8 Å². The average molecular weight is 386 g/mol. The number of nitrogens with zero attached hydrogens (tertiary/aromatic N) is 1. The first-order valence-electron chi connectivity index (χ1n) is 8.91. The number of carbonyl (C=O) groups is 1. The summed E-state index contributed by atoms with van der Waals surface area (Å²) in [5, 5.41) is 4.07. The summed E-state index contributed by atoms with van der Waals surface area (Å²) in [6.07, 6.45) is 2.36. The highest BCUT2D eigenvalue weighted by Crippen LogP contribution is 2.32. The van der Waals surface area contributed by atoms with Gasteiger partial charge in [0.1, 0.15) is 16.9 Å². The Balaban J connectivity index is 1.80. The summed E-state index contributed by atoms with van der Waals surface area (Å²) >= 11 is 1.45. The minimum Gasteiger partial charge on any atom is -0.373 e. The van der Waals surface area contributed by atoms with Crippen LogP contribution >= 0.6 is 11.3 Å². The Hall–Kier alpha value is -2.51. The summed E-state index contributed by atoms with van der Waals surface area (Å²) < 4.78 is 14.2. The molecule has 0 bridgehead atoms. The maximum Gasteiger partial charge on any atom is 0.239 e. The third-order valence-electron chi connectivity index (χ3n) is 4.44. The van der Waals surface area contributed by atoms with E-state index in [9.17, 15) is 9.18 Å². The van der Waals surface area contributed by atoms with Gasteiger partial charge in [-0.15, -0.1) is 11.3 Å². The Morgan fingerprint density at radius 1 is 1.26 bits per heavy atom. The van der Waals surface area contributed by atoms with Crippen LogP contribution in [0.3, 0.4) is 0 Å². The number of hydrogen-bond acceptors (Lipinski definition) is 5. The number of amides is 1. The normalized spacial score (nSPS) is 12.3. The predicted molar refractivity (Wildman–Crippen MR) is 109 cm³/mol. The quantitative estimate of drug-likeness (QED) is 0.513. The van der Waals surface area contributed by atoms with Crippen LogP contribution in [-0.2, 0) is 4.79 Å². The number of unbranched alkanes of at least 4 members (excludes halogenated alkanes) is 1. The zero-order chi connectivity index (χ0) is 19.4. The van der Waals surface area contributed by atoms with E-state index in [1.807, 2.05) is 25.1 Å². The fourth-order valence-corrected chi connectivity index (χ4v) is 3.93. The molecule has 5 nitrogen and oxygen atoms in total.